The molecular formula is C18H18Cl2N2O4. The number of anilines is 1. The lowest BCUT2D eigenvalue weighted by atomic mass is 10.1. The van der Waals surface area contributed by atoms with Crippen LogP contribution < -0.4 is 10.1 Å². The maximum atomic E-state index is 12.1. The van der Waals surface area contributed by atoms with Gasteiger partial charge in [0.2, 0.25) is 0 Å². The first-order chi connectivity index (χ1) is 12.3. The molecule has 1 N–H and O–H groups in total. The third-order valence-corrected chi connectivity index (χ3v) is 3.97. The Hall–Kier alpha value is -2.31. The van der Waals surface area contributed by atoms with Crippen molar-refractivity contribution in [3.8, 4) is 5.75 Å². The molecule has 0 fully saturated rings. The van der Waals surface area contributed by atoms with Gasteiger partial charge < -0.3 is 14.8 Å². The van der Waals surface area contributed by atoms with Crippen LogP contribution in [0.15, 0.2) is 30.5 Å². The van der Waals surface area contributed by atoms with Crippen molar-refractivity contribution >= 4 is 40.8 Å². The van der Waals surface area contributed by atoms with Crippen LogP contribution in [0.3, 0.4) is 0 Å². The Morgan fingerprint density at radius 1 is 1.23 bits per heavy atom. The van der Waals surface area contributed by atoms with Crippen LogP contribution in [0, 0.1) is 13.8 Å². The Balaban J connectivity index is 1.89. The number of hydrogen-bond acceptors (Lipinski definition) is 5. The predicted octanol–water partition coefficient (Wildman–Crippen LogP) is 3.95. The molecule has 0 spiro atoms. The Bertz CT molecular complexity index is 804. The van der Waals surface area contributed by atoms with Gasteiger partial charge in [0, 0.05) is 11.2 Å². The fraction of sp³-hybridized carbons (Fsp3) is 0.278. The van der Waals surface area contributed by atoms with Crippen molar-refractivity contribution in [2.75, 3.05) is 11.9 Å². The summed E-state index contributed by atoms with van der Waals surface area (Å²) < 4.78 is 10.6. The number of benzene rings is 1. The second-order valence-electron chi connectivity index (χ2n) is 5.62. The average molecular weight is 397 g/mol. The minimum Gasteiger partial charge on any atom is -0.481 e. The molecule has 0 saturated heterocycles. The van der Waals surface area contributed by atoms with Crippen molar-refractivity contribution in [1.82, 2.24) is 4.98 Å². The van der Waals surface area contributed by atoms with Gasteiger partial charge in [-0.3, -0.25) is 4.79 Å². The lowest BCUT2D eigenvalue weighted by Crippen LogP contribution is -2.31. The number of carbonyl (C=O) groups excluding carboxylic acids is 2. The van der Waals surface area contributed by atoms with Gasteiger partial charge in [-0.2, -0.15) is 0 Å². The lowest BCUT2D eigenvalue weighted by molar-refractivity contribution is -0.155. The molecule has 2 aromatic rings. The number of ether oxygens (including phenoxy) is 2. The molecule has 1 heterocycles. The van der Waals surface area contributed by atoms with Crippen molar-refractivity contribution in [2.45, 2.75) is 26.9 Å². The fourth-order valence-electron chi connectivity index (χ4n) is 2.25. The van der Waals surface area contributed by atoms with Gasteiger partial charge in [-0.15, -0.1) is 0 Å². The molecule has 0 saturated carbocycles. The Morgan fingerprint density at radius 3 is 2.50 bits per heavy atom. The third-order valence-electron chi connectivity index (χ3n) is 3.45. The normalized spacial score (nSPS) is 11.6. The van der Waals surface area contributed by atoms with Crippen LogP contribution in [0.2, 0.25) is 10.2 Å². The molecule has 26 heavy (non-hydrogen) atoms. The molecule has 2 rings (SSSR count). The van der Waals surface area contributed by atoms with Gasteiger partial charge in [0.15, 0.2) is 17.9 Å². The monoisotopic (exact) mass is 396 g/mol. The maximum absolute atomic E-state index is 12.1. The number of rotatable bonds is 6. The Kier molecular flexibility index (Phi) is 6.83. The smallest absolute Gasteiger partial charge is 0.344 e. The van der Waals surface area contributed by atoms with Gasteiger partial charge in [0.1, 0.15) is 5.75 Å². The van der Waals surface area contributed by atoms with Crippen molar-refractivity contribution in [3.63, 3.8) is 0 Å². The summed E-state index contributed by atoms with van der Waals surface area (Å²) >= 11 is 11.8. The number of aromatic nitrogens is 1. The SMILES string of the molecule is Cc1cc(Cl)cc(C)c1OCC(=O)O[C@@H](C)C(=O)Nc1cccnc1Cl. The summed E-state index contributed by atoms with van der Waals surface area (Å²) in [7, 11) is 0. The molecule has 0 aliphatic rings. The highest BCUT2D eigenvalue weighted by atomic mass is 35.5. The molecule has 0 radical (unpaired) electrons. The van der Waals surface area contributed by atoms with E-state index in [9.17, 15) is 9.59 Å². The minimum absolute atomic E-state index is 0.149. The number of esters is 1. The standard InChI is InChI=1S/C18H18Cl2N2O4/c1-10-7-13(19)8-11(2)16(10)25-9-15(23)26-12(3)18(24)22-14-5-4-6-21-17(14)20/h4-8,12H,9H2,1-3H3,(H,22,24)/t12-/m0/s1. The van der Waals surface area contributed by atoms with Gasteiger partial charge in [0.25, 0.3) is 5.91 Å². The molecule has 1 aromatic carbocycles. The van der Waals surface area contributed by atoms with E-state index in [0.717, 1.165) is 11.1 Å². The van der Waals surface area contributed by atoms with Gasteiger partial charge in [-0.05, 0) is 56.2 Å². The van der Waals surface area contributed by atoms with Gasteiger partial charge in [0.05, 0.1) is 5.69 Å². The van der Waals surface area contributed by atoms with Crippen molar-refractivity contribution in [2.24, 2.45) is 0 Å². The van der Waals surface area contributed by atoms with Crippen LogP contribution in [0.1, 0.15) is 18.1 Å². The van der Waals surface area contributed by atoms with Crippen LogP contribution >= 0.6 is 23.2 Å². The zero-order chi connectivity index (χ0) is 19.3. The van der Waals surface area contributed by atoms with E-state index in [1.165, 1.54) is 13.1 Å². The number of hydrogen-bond donors (Lipinski definition) is 1. The molecule has 1 aromatic heterocycles. The van der Waals surface area contributed by atoms with Gasteiger partial charge in [-0.25, -0.2) is 9.78 Å². The second kappa shape index (κ2) is 8.87. The van der Waals surface area contributed by atoms with Crippen LogP contribution in [-0.4, -0.2) is 29.6 Å². The van der Waals surface area contributed by atoms with E-state index >= 15 is 0 Å². The van der Waals surface area contributed by atoms with Crippen molar-refractivity contribution in [1.29, 1.82) is 0 Å². The first-order valence-electron chi connectivity index (χ1n) is 7.78. The van der Waals surface area contributed by atoms with Crippen LogP contribution in [0.5, 0.6) is 5.75 Å². The summed E-state index contributed by atoms with van der Waals surface area (Å²) in [6.45, 7) is 4.78. The number of nitrogens with one attached hydrogen (secondary N) is 1. The predicted molar refractivity (Wildman–Crippen MR) is 99.9 cm³/mol. The summed E-state index contributed by atoms with van der Waals surface area (Å²) in [5, 5.41) is 3.29. The summed E-state index contributed by atoms with van der Waals surface area (Å²) in [4.78, 5) is 27.9. The highest BCUT2D eigenvalue weighted by Gasteiger charge is 2.19. The zero-order valence-electron chi connectivity index (χ0n) is 14.5. The molecule has 6 nitrogen and oxygen atoms in total. The van der Waals surface area contributed by atoms with Gasteiger partial charge in [-0.1, -0.05) is 23.2 Å². The number of aryl methyl sites for hydroxylation is 2. The molecule has 0 aliphatic heterocycles. The van der Waals surface area contributed by atoms with E-state index in [1.54, 1.807) is 24.3 Å². The molecule has 1 amide bonds. The zero-order valence-corrected chi connectivity index (χ0v) is 16.0. The molecule has 0 bridgehead atoms. The number of carbonyl (C=O) groups is 2. The summed E-state index contributed by atoms with van der Waals surface area (Å²) in [5.74, 6) is -0.628. The first-order valence-corrected chi connectivity index (χ1v) is 8.54. The number of halogens is 2. The number of amides is 1. The minimum atomic E-state index is -1.02. The fourth-order valence-corrected chi connectivity index (χ4v) is 2.75. The van der Waals surface area contributed by atoms with E-state index in [2.05, 4.69) is 10.3 Å². The molecule has 138 valence electrons. The number of pyridine rings is 1. The van der Waals surface area contributed by atoms with E-state index in [0.29, 0.717) is 16.5 Å². The quantitative estimate of drug-likeness (QED) is 0.590. The first kappa shape index (κ1) is 20.0. The van der Waals surface area contributed by atoms with Crippen LogP contribution in [0.25, 0.3) is 0 Å². The Labute approximate surface area is 161 Å². The Morgan fingerprint density at radius 2 is 1.88 bits per heavy atom. The van der Waals surface area contributed by atoms with Crippen LogP contribution in [-0.2, 0) is 14.3 Å². The van der Waals surface area contributed by atoms with E-state index in [1.807, 2.05) is 13.8 Å². The summed E-state index contributed by atoms with van der Waals surface area (Å²) in [6.07, 6.45) is 0.481. The molecular weight excluding hydrogens is 379 g/mol. The van der Waals surface area contributed by atoms with Crippen molar-refractivity contribution in [3.05, 3.63) is 51.8 Å². The van der Waals surface area contributed by atoms with E-state index in [-0.39, 0.29) is 11.8 Å². The summed E-state index contributed by atoms with van der Waals surface area (Å²) in [6, 6.07) is 6.70. The summed E-state index contributed by atoms with van der Waals surface area (Å²) in [5.41, 5.74) is 1.95. The van der Waals surface area contributed by atoms with E-state index < -0.39 is 18.0 Å². The highest BCUT2D eigenvalue weighted by Crippen LogP contribution is 2.27. The molecule has 0 aliphatic carbocycles. The topological polar surface area (TPSA) is 77.5 Å². The van der Waals surface area contributed by atoms with E-state index in [4.69, 9.17) is 32.7 Å². The molecule has 1 atom stereocenters. The molecule has 8 heteroatoms. The van der Waals surface area contributed by atoms with Crippen LogP contribution in [0.4, 0.5) is 5.69 Å². The maximum Gasteiger partial charge on any atom is 0.344 e. The average Bonchev–Trinajstić information content (AvgIpc) is 2.55. The van der Waals surface area contributed by atoms with Gasteiger partial charge >= 0.3 is 5.97 Å². The second-order valence-corrected chi connectivity index (χ2v) is 6.41. The largest absolute Gasteiger partial charge is 0.481 e. The number of nitrogens with zero attached hydrogens (tertiary/aromatic N) is 1. The lowest BCUT2D eigenvalue weighted by Gasteiger charge is -2.15. The molecule has 0 unspecified atom stereocenters. The highest BCUT2D eigenvalue weighted by molar-refractivity contribution is 6.32. The van der Waals surface area contributed by atoms with Crippen molar-refractivity contribution < 1.29 is 19.1 Å². The third kappa shape index (κ3) is 5.34.